The highest BCUT2D eigenvalue weighted by Crippen LogP contribution is 2.65. The van der Waals surface area contributed by atoms with Crippen molar-refractivity contribution in [3.8, 4) is 11.5 Å². The SMILES string of the molecule is CC(=O)O[C@H]1C(=O)[C@]2(C)[C@@H](OC(=O)/C=C/c3ccc(OC(=O)c4ccc(O)cc4)cc3)C[C@H]3OC[C@@]3(OC(C)=O)[C@H]2[C@H](OCc2ccccc2)[C@]2(O)C[C@H](OC(C)=O)C(C)=C1C2(C)C. The molecule has 2 saturated carbocycles. The third kappa shape index (κ3) is 8.23. The average molecular weight is 881 g/mol. The number of Topliss-reactive ketones (excluding diaryl/α,β-unsaturated/α-hetero) is 1. The minimum atomic E-state index is -2.05. The van der Waals surface area contributed by atoms with Crippen LogP contribution < -0.4 is 4.74 Å². The summed E-state index contributed by atoms with van der Waals surface area (Å²) in [5, 5.41) is 23.1. The van der Waals surface area contributed by atoms with Gasteiger partial charge in [0.15, 0.2) is 17.5 Å². The van der Waals surface area contributed by atoms with Crippen molar-refractivity contribution in [2.24, 2.45) is 16.7 Å². The number of phenols is 1. The van der Waals surface area contributed by atoms with E-state index in [1.165, 1.54) is 56.3 Å². The number of rotatable bonds is 11. The highest BCUT2D eigenvalue weighted by Gasteiger charge is 2.78. The molecular weight excluding hydrogens is 829 g/mol. The van der Waals surface area contributed by atoms with Gasteiger partial charge in [-0.3, -0.25) is 19.2 Å². The Labute approximate surface area is 370 Å². The van der Waals surface area contributed by atoms with Gasteiger partial charge in [-0.25, -0.2) is 9.59 Å². The number of benzene rings is 3. The molecule has 1 saturated heterocycles. The monoisotopic (exact) mass is 880 g/mol. The Bertz CT molecular complexity index is 2390. The zero-order chi connectivity index (χ0) is 46.4. The molecule has 3 aromatic carbocycles. The number of esters is 5. The van der Waals surface area contributed by atoms with Gasteiger partial charge >= 0.3 is 29.8 Å². The smallest absolute Gasteiger partial charge is 0.343 e. The summed E-state index contributed by atoms with van der Waals surface area (Å²) in [6.45, 7) is 9.89. The van der Waals surface area contributed by atoms with E-state index in [4.69, 9.17) is 33.2 Å². The lowest BCUT2D eigenvalue weighted by atomic mass is 9.44. The van der Waals surface area contributed by atoms with Gasteiger partial charge in [-0.2, -0.15) is 0 Å². The molecule has 0 spiro atoms. The first-order valence-corrected chi connectivity index (χ1v) is 21.0. The number of ketones is 1. The summed E-state index contributed by atoms with van der Waals surface area (Å²) in [6.07, 6.45) is -4.23. The Morgan fingerprint density at radius 2 is 1.50 bits per heavy atom. The van der Waals surface area contributed by atoms with E-state index in [1.807, 2.05) is 30.3 Å². The summed E-state index contributed by atoms with van der Waals surface area (Å²) >= 11 is 0. The maximum Gasteiger partial charge on any atom is 0.343 e. The first kappa shape index (κ1) is 45.9. The second-order valence-electron chi connectivity index (χ2n) is 17.6. The molecular formula is C49H52O15. The first-order chi connectivity index (χ1) is 30.2. The fourth-order valence-electron chi connectivity index (χ4n) is 10.2. The number of fused-ring (bicyclic) bond motifs is 5. The second kappa shape index (κ2) is 17.4. The lowest BCUT2D eigenvalue weighted by molar-refractivity contribution is -0.352. The molecule has 3 aromatic rings. The van der Waals surface area contributed by atoms with Gasteiger partial charge in [-0.05, 0) is 78.6 Å². The molecule has 64 heavy (non-hydrogen) atoms. The molecule has 3 aliphatic carbocycles. The van der Waals surface area contributed by atoms with Gasteiger partial charge in [0.05, 0.1) is 30.3 Å². The van der Waals surface area contributed by atoms with E-state index in [1.54, 1.807) is 39.8 Å². The predicted molar refractivity (Wildman–Crippen MR) is 226 cm³/mol. The molecule has 0 radical (unpaired) electrons. The van der Waals surface area contributed by atoms with Gasteiger partial charge in [0, 0.05) is 51.0 Å². The van der Waals surface area contributed by atoms with E-state index < -0.39 is 94.1 Å². The molecule has 9 atom stereocenters. The van der Waals surface area contributed by atoms with Gasteiger partial charge in [0.25, 0.3) is 0 Å². The van der Waals surface area contributed by atoms with Crippen molar-refractivity contribution in [2.75, 3.05) is 6.61 Å². The zero-order valence-electron chi connectivity index (χ0n) is 36.7. The Kier molecular flexibility index (Phi) is 12.5. The van der Waals surface area contributed by atoms with Crippen molar-refractivity contribution in [3.63, 3.8) is 0 Å². The highest BCUT2D eigenvalue weighted by atomic mass is 16.6. The Hall–Kier alpha value is -6.16. The van der Waals surface area contributed by atoms with Crippen LogP contribution in [0.3, 0.4) is 0 Å². The number of ether oxygens (including phenoxy) is 7. The fraction of sp³-hybridized carbons (Fsp3) is 0.429. The van der Waals surface area contributed by atoms with Gasteiger partial charge in [0.1, 0.15) is 35.4 Å². The summed E-state index contributed by atoms with van der Waals surface area (Å²) < 4.78 is 42.6. The minimum absolute atomic E-state index is 0.00274. The van der Waals surface area contributed by atoms with Gasteiger partial charge in [-0.15, -0.1) is 0 Å². The van der Waals surface area contributed by atoms with E-state index in [0.717, 1.165) is 13.0 Å². The van der Waals surface area contributed by atoms with Crippen LogP contribution in [0.25, 0.3) is 6.08 Å². The van der Waals surface area contributed by atoms with Crippen molar-refractivity contribution < 1.29 is 72.1 Å². The number of hydrogen-bond donors (Lipinski definition) is 2. The van der Waals surface area contributed by atoms with Crippen molar-refractivity contribution in [2.45, 2.75) is 110 Å². The van der Waals surface area contributed by atoms with Crippen molar-refractivity contribution >= 4 is 41.7 Å². The average Bonchev–Trinajstić information content (AvgIpc) is 3.23. The minimum Gasteiger partial charge on any atom is -0.508 e. The summed E-state index contributed by atoms with van der Waals surface area (Å²) in [5.74, 6) is -5.50. The van der Waals surface area contributed by atoms with E-state index >= 15 is 4.79 Å². The predicted octanol–water partition coefficient (Wildman–Crippen LogP) is 5.77. The summed E-state index contributed by atoms with van der Waals surface area (Å²) in [7, 11) is 0. The molecule has 15 heteroatoms. The Morgan fingerprint density at radius 3 is 2.09 bits per heavy atom. The van der Waals surface area contributed by atoms with Crippen molar-refractivity contribution in [1.29, 1.82) is 0 Å². The van der Waals surface area contributed by atoms with Gasteiger partial charge in [0.2, 0.25) is 0 Å². The first-order valence-electron chi connectivity index (χ1n) is 21.0. The maximum absolute atomic E-state index is 15.9. The molecule has 3 fully saturated rings. The number of carbonyl (C=O) groups excluding carboxylic acids is 6. The van der Waals surface area contributed by atoms with Gasteiger partial charge in [-0.1, -0.05) is 56.3 Å². The van der Waals surface area contributed by atoms with Crippen LogP contribution in [0, 0.1) is 16.7 Å². The van der Waals surface area contributed by atoms with Crippen LogP contribution in [-0.2, 0) is 59.0 Å². The molecule has 1 heterocycles. The molecule has 2 N–H and O–H groups in total. The van der Waals surface area contributed by atoms with E-state index in [-0.39, 0.29) is 48.7 Å². The Morgan fingerprint density at radius 1 is 0.844 bits per heavy atom. The summed E-state index contributed by atoms with van der Waals surface area (Å²) in [4.78, 5) is 81.2. The van der Waals surface area contributed by atoms with E-state index in [9.17, 15) is 34.2 Å². The quantitative estimate of drug-likeness (QED) is 0.0771. The number of aliphatic hydroxyl groups is 1. The van der Waals surface area contributed by atoms with Crippen LogP contribution >= 0.6 is 0 Å². The lowest BCUT2D eigenvalue weighted by Gasteiger charge is -2.68. The molecule has 0 aromatic heterocycles. The van der Waals surface area contributed by atoms with E-state index in [0.29, 0.717) is 16.7 Å². The number of aromatic hydroxyl groups is 1. The largest absolute Gasteiger partial charge is 0.508 e. The number of hydrogen-bond acceptors (Lipinski definition) is 15. The van der Waals surface area contributed by atoms with Crippen LogP contribution in [-0.4, -0.2) is 94.2 Å². The summed E-state index contributed by atoms with van der Waals surface area (Å²) in [6, 6.07) is 21.0. The van der Waals surface area contributed by atoms with Crippen LogP contribution in [0.15, 0.2) is 96.1 Å². The maximum atomic E-state index is 15.9. The van der Waals surface area contributed by atoms with Crippen LogP contribution in [0.1, 0.15) is 82.8 Å². The molecule has 1 aliphatic heterocycles. The lowest BCUT2D eigenvalue weighted by Crippen LogP contribution is -2.82. The third-order valence-corrected chi connectivity index (χ3v) is 13.4. The molecule has 15 nitrogen and oxygen atoms in total. The number of carbonyl (C=O) groups is 6. The van der Waals surface area contributed by atoms with Crippen molar-refractivity contribution in [3.05, 3.63) is 113 Å². The Balaban J connectivity index is 1.31. The molecule has 338 valence electrons. The van der Waals surface area contributed by atoms with Crippen molar-refractivity contribution in [1.82, 2.24) is 0 Å². The van der Waals surface area contributed by atoms with Gasteiger partial charge < -0.3 is 43.4 Å². The molecule has 7 rings (SSSR count). The van der Waals surface area contributed by atoms with Crippen LogP contribution in [0.4, 0.5) is 0 Å². The van der Waals surface area contributed by atoms with Crippen LogP contribution in [0.2, 0.25) is 0 Å². The third-order valence-electron chi connectivity index (χ3n) is 13.4. The topological polar surface area (TPSA) is 207 Å². The van der Waals surface area contributed by atoms with Crippen LogP contribution in [0.5, 0.6) is 11.5 Å². The van der Waals surface area contributed by atoms with E-state index in [2.05, 4.69) is 0 Å². The molecule has 2 bridgehead atoms. The second-order valence-corrected chi connectivity index (χ2v) is 17.6. The molecule has 4 aliphatic rings. The standard InChI is InChI=1S/C49H52O15/c1-27-36(60-28(2)50)24-49(57)44(58-25-32-11-9-8-10-12-32)42-47(7,43(55)41(61-29(3)51)40(27)46(49,5)6)37(23-38-48(42,26-59-38)64-30(4)52)63-39(54)22-15-31-13-20-35(21-14-31)62-45(56)33-16-18-34(53)19-17-33/h8-22,36-38,41-42,44,53,57H,23-26H2,1-7H3/b22-15+/t36-,37-,38+,41+,42-,44-,47+,48-,49+/m0/s1. The summed E-state index contributed by atoms with van der Waals surface area (Å²) in [5.41, 5.74) is -4.98. The number of phenolic OH excluding ortho intramolecular Hbond substituents is 1. The molecule has 0 unspecified atom stereocenters. The zero-order valence-corrected chi connectivity index (χ0v) is 36.7. The normalized spacial score (nSPS) is 30.3. The fourth-order valence-corrected chi connectivity index (χ4v) is 10.2. The molecule has 0 amide bonds. The highest BCUT2D eigenvalue weighted by molar-refractivity contribution is 5.96.